The second kappa shape index (κ2) is 13.9. The summed E-state index contributed by atoms with van der Waals surface area (Å²) in [5.41, 5.74) is 7.72. The van der Waals surface area contributed by atoms with Gasteiger partial charge in [0.05, 0.1) is 18.8 Å². The molecule has 43 heavy (non-hydrogen) atoms. The lowest BCUT2D eigenvalue weighted by Gasteiger charge is -2.28. The smallest absolute Gasteiger partial charge is 0.451 e. The molecule has 0 spiro atoms. The summed E-state index contributed by atoms with van der Waals surface area (Å²) in [5, 5.41) is 13.4. The SMILES string of the molecule is CCCOc1ccc(CN2CCn3c(nnc3C(F)(F)F)C2)cc1N(C)C=O.NC(=O)c1n[nH]c(Cc2ccccc2)n1. The molecule has 228 valence electrons. The van der Waals surface area contributed by atoms with E-state index in [1.54, 1.807) is 7.05 Å². The van der Waals surface area contributed by atoms with Gasteiger partial charge >= 0.3 is 6.18 Å². The lowest BCUT2D eigenvalue weighted by atomic mass is 10.1. The molecule has 3 heterocycles. The number of carbonyl (C=O) groups is 2. The van der Waals surface area contributed by atoms with Crippen LogP contribution in [0.15, 0.2) is 48.5 Å². The molecule has 0 radical (unpaired) electrons. The number of rotatable bonds is 10. The molecule has 15 heteroatoms. The van der Waals surface area contributed by atoms with Crippen LogP contribution in [0.1, 0.15) is 52.6 Å². The van der Waals surface area contributed by atoms with Crippen LogP contribution in [0.4, 0.5) is 18.9 Å². The van der Waals surface area contributed by atoms with Gasteiger partial charge < -0.3 is 19.9 Å². The van der Waals surface area contributed by atoms with E-state index in [9.17, 15) is 22.8 Å². The third-order valence-corrected chi connectivity index (χ3v) is 6.48. The van der Waals surface area contributed by atoms with E-state index in [0.717, 1.165) is 22.1 Å². The highest BCUT2D eigenvalue weighted by Gasteiger charge is 2.39. The van der Waals surface area contributed by atoms with E-state index < -0.39 is 17.9 Å². The minimum Gasteiger partial charge on any atom is -0.491 e. The van der Waals surface area contributed by atoms with Gasteiger partial charge in [-0.15, -0.1) is 15.3 Å². The first kappa shape index (κ1) is 31.2. The number of amides is 2. The molecule has 4 aromatic rings. The number of anilines is 1. The predicted octanol–water partition coefficient (Wildman–Crippen LogP) is 3.19. The number of hydrogen-bond acceptors (Lipinski definition) is 8. The van der Waals surface area contributed by atoms with E-state index in [1.807, 2.05) is 60.4 Å². The average Bonchev–Trinajstić information content (AvgIpc) is 3.64. The third-order valence-electron chi connectivity index (χ3n) is 6.48. The number of aromatic amines is 1. The Bertz CT molecular complexity index is 1520. The van der Waals surface area contributed by atoms with Crippen molar-refractivity contribution in [3.05, 3.63) is 83.0 Å². The summed E-state index contributed by atoms with van der Waals surface area (Å²) in [7, 11) is 1.65. The fraction of sp³-hybridized carbons (Fsp3) is 0.357. The van der Waals surface area contributed by atoms with Crippen molar-refractivity contribution in [2.24, 2.45) is 5.73 Å². The number of carbonyl (C=O) groups excluding carboxylic acids is 2. The van der Waals surface area contributed by atoms with Gasteiger partial charge in [-0.2, -0.15) is 13.2 Å². The molecule has 1 aliphatic rings. The number of nitrogens with two attached hydrogens (primary N) is 1. The monoisotopic (exact) mass is 599 g/mol. The summed E-state index contributed by atoms with van der Waals surface area (Å²) in [5.74, 6) is 0.0103. The summed E-state index contributed by atoms with van der Waals surface area (Å²) in [4.78, 5) is 29.3. The quantitative estimate of drug-likeness (QED) is 0.264. The molecule has 12 nitrogen and oxygen atoms in total. The van der Waals surface area contributed by atoms with Crippen LogP contribution in [0, 0.1) is 0 Å². The average molecular weight is 600 g/mol. The van der Waals surface area contributed by atoms with Gasteiger partial charge in [-0.05, 0) is 29.7 Å². The Kier molecular flexibility index (Phi) is 10.1. The standard InChI is InChI=1S/C18H22F3N5O2.C10H10N4O/c1-3-8-28-15-5-4-13(9-14(15)24(2)12-27)10-25-6-7-26-16(11-25)22-23-17(26)18(19,20)21;11-9(15)10-12-8(13-14-10)6-7-4-2-1-3-5-7/h4-5,9,12H,3,6-8,10-11H2,1-2H3;1-5H,6H2,(H2,11,15)(H,12,13,14). The zero-order chi connectivity index (χ0) is 31.0. The Hall–Kier alpha value is -4.79. The van der Waals surface area contributed by atoms with E-state index in [0.29, 0.717) is 55.6 Å². The lowest BCUT2D eigenvalue weighted by molar-refractivity contribution is -0.148. The zero-order valence-corrected chi connectivity index (χ0v) is 23.7. The van der Waals surface area contributed by atoms with Crippen LogP contribution in [0.25, 0.3) is 0 Å². The number of ether oxygens (including phenoxy) is 1. The first-order valence-electron chi connectivity index (χ1n) is 13.5. The van der Waals surface area contributed by atoms with Crippen molar-refractivity contribution in [2.75, 3.05) is 25.1 Å². The number of aromatic nitrogens is 6. The van der Waals surface area contributed by atoms with Crippen molar-refractivity contribution in [3.8, 4) is 5.75 Å². The number of alkyl halides is 3. The number of benzene rings is 2. The van der Waals surface area contributed by atoms with E-state index in [2.05, 4.69) is 25.4 Å². The summed E-state index contributed by atoms with van der Waals surface area (Å²) in [6.45, 7) is 3.95. The van der Waals surface area contributed by atoms with Crippen LogP contribution >= 0.6 is 0 Å². The van der Waals surface area contributed by atoms with Crippen molar-refractivity contribution in [1.82, 2.24) is 34.8 Å². The molecule has 0 bridgehead atoms. The molecule has 3 N–H and O–H groups in total. The van der Waals surface area contributed by atoms with Crippen molar-refractivity contribution in [3.63, 3.8) is 0 Å². The Labute approximate surface area is 245 Å². The topological polar surface area (TPSA) is 148 Å². The van der Waals surface area contributed by atoms with Crippen molar-refractivity contribution >= 4 is 18.0 Å². The number of hydrogen-bond donors (Lipinski definition) is 2. The van der Waals surface area contributed by atoms with Gasteiger partial charge in [0.15, 0.2) is 0 Å². The molecule has 0 saturated carbocycles. The normalized spacial score (nSPS) is 13.0. The van der Waals surface area contributed by atoms with Crippen LogP contribution in [0.5, 0.6) is 5.75 Å². The summed E-state index contributed by atoms with van der Waals surface area (Å²) < 4.78 is 45.7. The van der Waals surface area contributed by atoms with Gasteiger partial charge in [0.2, 0.25) is 18.1 Å². The van der Waals surface area contributed by atoms with Crippen LogP contribution in [0.3, 0.4) is 0 Å². The highest BCUT2D eigenvalue weighted by Crippen LogP contribution is 2.31. The van der Waals surface area contributed by atoms with Gasteiger partial charge in [-0.1, -0.05) is 43.3 Å². The molecule has 0 atom stereocenters. The third kappa shape index (κ3) is 8.16. The Morgan fingerprint density at radius 1 is 1.14 bits per heavy atom. The maximum absolute atomic E-state index is 13.0. The van der Waals surface area contributed by atoms with Gasteiger partial charge in [0.25, 0.3) is 5.91 Å². The molecule has 0 aliphatic carbocycles. The minimum atomic E-state index is -4.50. The lowest BCUT2D eigenvalue weighted by Crippen LogP contribution is -2.35. The molecule has 2 aromatic carbocycles. The first-order valence-corrected chi connectivity index (χ1v) is 13.5. The Balaban J connectivity index is 0.000000237. The van der Waals surface area contributed by atoms with Crippen molar-refractivity contribution < 1.29 is 27.5 Å². The molecular weight excluding hydrogens is 567 g/mol. The Morgan fingerprint density at radius 2 is 1.91 bits per heavy atom. The van der Waals surface area contributed by atoms with Gasteiger partial charge in [-0.3, -0.25) is 19.6 Å². The fourth-order valence-electron chi connectivity index (χ4n) is 4.41. The highest BCUT2D eigenvalue weighted by molar-refractivity contribution is 5.88. The number of fused-ring (bicyclic) bond motifs is 1. The van der Waals surface area contributed by atoms with Crippen LogP contribution in [0.2, 0.25) is 0 Å². The summed E-state index contributed by atoms with van der Waals surface area (Å²) >= 11 is 0. The molecule has 0 fully saturated rings. The Morgan fingerprint density at radius 3 is 2.56 bits per heavy atom. The minimum absolute atomic E-state index is 0.0286. The van der Waals surface area contributed by atoms with Crippen LogP contribution in [-0.4, -0.2) is 67.4 Å². The number of halogens is 3. The van der Waals surface area contributed by atoms with E-state index in [-0.39, 0.29) is 18.9 Å². The second-order valence-corrected chi connectivity index (χ2v) is 9.80. The zero-order valence-electron chi connectivity index (χ0n) is 23.7. The van der Waals surface area contributed by atoms with E-state index in [4.69, 9.17) is 10.5 Å². The largest absolute Gasteiger partial charge is 0.491 e. The van der Waals surface area contributed by atoms with E-state index in [1.165, 1.54) is 4.90 Å². The van der Waals surface area contributed by atoms with Crippen LogP contribution < -0.4 is 15.4 Å². The van der Waals surface area contributed by atoms with Gasteiger partial charge in [-0.25, -0.2) is 4.98 Å². The maximum atomic E-state index is 13.0. The molecule has 2 aromatic heterocycles. The molecule has 0 saturated heterocycles. The van der Waals surface area contributed by atoms with Gasteiger partial charge in [0, 0.05) is 33.1 Å². The second-order valence-electron chi connectivity index (χ2n) is 9.80. The molecule has 5 rings (SSSR count). The highest BCUT2D eigenvalue weighted by atomic mass is 19.4. The molecule has 1 aliphatic heterocycles. The number of H-pyrrole nitrogens is 1. The maximum Gasteiger partial charge on any atom is 0.451 e. The molecular formula is C28H32F3N9O3. The van der Waals surface area contributed by atoms with Crippen LogP contribution in [-0.2, 0) is 37.0 Å². The predicted molar refractivity (Wildman–Crippen MR) is 150 cm³/mol. The van der Waals surface area contributed by atoms with Gasteiger partial charge in [0.1, 0.15) is 17.4 Å². The van der Waals surface area contributed by atoms with Crippen molar-refractivity contribution in [1.29, 1.82) is 0 Å². The first-order chi connectivity index (χ1) is 20.6. The fourth-order valence-corrected chi connectivity index (χ4v) is 4.41. The summed E-state index contributed by atoms with van der Waals surface area (Å²) in [6, 6.07) is 15.4. The van der Waals surface area contributed by atoms with Crippen molar-refractivity contribution in [2.45, 2.75) is 45.6 Å². The summed E-state index contributed by atoms with van der Waals surface area (Å²) in [6.07, 6.45) is -2.34. The number of nitrogens with one attached hydrogen (secondary N) is 1. The molecule has 2 amide bonds. The molecule has 0 unspecified atom stereocenters. The van der Waals surface area contributed by atoms with E-state index >= 15 is 0 Å². The number of nitrogens with zero attached hydrogens (tertiary/aromatic N) is 7. The number of primary amides is 1.